The zero-order valence-electron chi connectivity index (χ0n) is 11.4. The average Bonchev–Trinajstić information content (AvgIpc) is 2.64. The van der Waals surface area contributed by atoms with Gasteiger partial charge in [-0.2, -0.15) is 0 Å². The highest BCUT2D eigenvalue weighted by Crippen LogP contribution is 2.19. The first-order chi connectivity index (χ1) is 7.93. The van der Waals surface area contributed by atoms with Gasteiger partial charge in [-0.1, -0.05) is 13.8 Å². The van der Waals surface area contributed by atoms with Crippen molar-refractivity contribution in [1.29, 1.82) is 0 Å². The molecule has 0 fully saturated rings. The van der Waals surface area contributed by atoms with Crippen molar-refractivity contribution in [2.75, 3.05) is 13.7 Å². The lowest BCUT2D eigenvalue weighted by Crippen LogP contribution is -2.25. The highest BCUT2D eigenvalue weighted by molar-refractivity contribution is 7.11. The van der Waals surface area contributed by atoms with Crippen molar-refractivity contribution in [3.8, 4) is 0 Å². The van der Waals surface area contributed by atoms with Gasteiger partial charge in [0, 0.05) is 32.5 Å². The van der Waals surface area contributed by atoms with Crippen LogP contribution in [-0.2, 0) is 17.6 Å². The first-order valence-electron chi connectivity index (χ1n) is 6.03. The van der Waals surface area contributed by atoms with Gasteiger partial charge in [0.15, 0.2) is 0 Å². The molecule has 0 aliphatic rings. The molecule has 5 heteroatoms. The summed E-state index contributed by atoms with van der Waals surface area (Å²) in [5.41, 5.74) is -0.160. The number of nitrogens with one attached hydrogen (secondary N) is 1. The Kier molecular flexibility index (Phi) is 5.49. The maximum Gasteiger partial charge on any atom is 0.120 e. The van der Waals surface area contributed by atoms with Crippen molar-refractivity contribution in [3.63, 3.8) is 0 Å². The fraction of sp³-hybridized carbons (Fsp3) is 0.833. The fourth-order valence-corrected chi connectivity index (χ4v) is 2.42. The van der Waals surface area contributed by atoms with Gasteiger partial charge in [-0.15, -0.1) is 21.5 Å². The van der Waals surface area contributed by atoms with Gasteiger partial charge in [-0.05, 0) is 13.8 Å². The van der Waals surface area contributed by atoms with Crippen molar-refractivity contribution in [2.45, 2.75) is 52.2 Å². The third-order valence-corrected chi connectivity index (χ3v) is 3.51. The summed E-state index contributed by atoms with van der Waals surface area (Å²) in [6, 6.07) is 0.523. The van der Waals surface area contributed by atoms with Crippen molar-refractivity contribution in [1.82, 2.24) is 15.5 Å². The Morgan fingerprint density at radius 2 is 1.94 bits per heavy atom. The Bertz CT molecular complexity index is 336. The van der Waals surface area contributed by atoms with Gasteiger partial charge >= 0.3 is 0 Å². The number of methoxy groups -OCH3 is 1. The molecule has 0 radical (unpaired) electrons. The molecule has 1 aromatic heterocycles. The molecule has 0 amide bonds. The van der Waals surface area contributed by atoms with E-state index in [1.165, 1.54) is 0 Å². The van der Waals surface area contributed by atoms with Crippen LogP contribution in [0, 0.1) is 0 Å². The minimum absolute atomic E-state index is 0.160. The van der Waals surface area contributed by atoms with Crippen LogP contribution in [0.1, 0.15) is 37.7 Å². The quantitative estimate of drug-likeness (QED) is 0.812. The molecule has 0 unspecified atom stereocenters. The number of ether oxygens (including phenoxy) is 1. The molecule has 0 bridgehead atoms. The topological polar surface area (TPSA) is 47.0 Å². The summed E-state index contributed by atoms with van der Waals surface area (Å²) >= 11 is 1.68. The fourth-order valence-electron chi connectivity index (χ4n) is 1.36. The van der Waals surface area contributed by atoms with E-state index in [-0.39, 0.29) is 5.60 Å². The van der Waals surface area contributed by atoms with Crippen molar-refractivity contribution in [3.05, 3.63) is 10.0 Å². The smallest absolute Gasteiger partial charge is 0.120 e. The molecule has 0 saturated heterocycles. The monoisotopic (exact) mass is 257 g/mol. The van der Waals surface area contributed by atoms with Crippen molar-refractivity contribution in [2.24, 2.45) is 0 Å². The minimum atomic E-state index is -0.160. The number of hydrogen-bond acceptors (Lipinski definition) is 5. The first-order valence-corrected chi connectivity index (χ1v) is 6.84. The van der Waals surface area contributed by atoms with E-state index in [4.69, 9.17) is 4.74 Å². The molecule has 1 aromatic rings. The Balaban J connectivity index is 2.43. The van der Waals surface area contributed by atoms with Gasteiger partial charge in [0.2, 0.25) is 0 Å². The second-order valence-corrected chi connectivity index (χ2v) is 6.24. The summed E-state index contributed by atoms with van der Waals surface area (Å²) in [5.74, 6) is 0. The lowest BCUT2D eigenvalue weighted by atomic mass is 10.1. The predicted molar refractivity (Wildman–Crippen MR) is 71.5 cm³/mol. The lowest BCUT2D eigenvalue weighted by Gasteiger charge is -2.20. The average molecular weight is 257 g/mol. The molecule has 1 rings (SSSR count). The molecule has 0 aliphatic heterocycles. The van der Waals surface area contributed by atoms with Crippen LogP contribution in [0.3, 0.4) is 0 Å². The van der Waals surface area contributed by atoms with Crippen LogP contribution in [0.2, 0.25) is 0 Å². The normalized spacial score (nSPS) is 12.4. The molecule has 0 saturated carbocycles. The summed E-state index contributed by atoms with van der Waals surface area (Å²) in [4.78, 5) is 0. The standard InChI is InChI=1S/C12H23N3OS/c1-9(2)13-7-6-10-14-15-11(17-10)8-12(3,4)16-5/h9,13H,6-8H2,1-5H3. The maximum atomic E-state index is 5.39. The molecule has 0 atom stereocenters. The van der Waals surface area contributed by atoms with E-state index in [9.17, 15) is 0 Å². The number of aromatic nitrogens is 2. The number of nitrogens with zero attached hydrogens (tertiary/aromatic N) is 2. The zero-order chi connectivity index (χ0) is 12.9. The lowest BCUT2D eigenvalue weighted by molar-refractivity contribution is 0.0230. The van der Waals surface area contributed by atoms with Crippen LogP contribution < -0.4 is 5.32 Å². The van der Waals surface area contributed by atoms with E-state index < -0.39 is 0 Å². The number of rotatable bonds is 7. The summed E-state index contributed by atoms with van der Waals surface area (Å²) in [6.07, 6.45) is 1.77. The van der Waals surface area contributed by atoms with Crippen LogP contribution in [0.5, 0.6) is 0 Å². The van der Waals surface area contributed by atoms with E-state index in [1.807, 2.05) is 0 Å². The second kappa shape index (κ2) is 6.42. The van der Waals surface area contributed by atoms with Gasteiger partial charge in [0.1, 0.15) is 10.0 Å². The van der Waals surface area contributed by atoms with E-state index in [2.05, 4.69) is 43.2 Å². The molecular weight excluding hydrogens is 234 g/mol. The van der Waals surface area contributed by atoms with Gasteiger partial charge < -0.3 is 10.1 Å². The Hall–Kier alpha value is -0.520. The van der Waals surface area contributed by atoms with Crippen molar-refractivity contribution >= 4 is 11.3 Å². The number of hydrogen-bond donors (Lipinski definition) is 1. The summed E-state index contributed by atoms with van der Waals surface area (Å²) in [5, 5.41) is 13.9. The third-order valence-electron chi connectivity index (χ3n) is 2.53. The molecule has 0 aromatic carbocycles. The van der Waals surface area contributed by atoms with Crippen LogP contribution in [0.4, 0.5) is 0 Å². The van der Waals surface area contributed by atoms with Gasteiger partial charge in [-0.25, -0.2) is 0 Å². The predicted octanol–water partition coefficient (Wildman–Crippen LogP) is 2.05. The summed E-state index contributed by atoms with van der Waals surface area (Å²) in [7, 11) is 1.73. The van der Waals surface area contributed by atoms with Gasteiger partial charge in [-0.3, -0.25) is 0 Å². The molecule has 0 spiro atoms. The van der Waals surface area contributed by atoms with E-state index >= 15 is 0 Å². The highest BCUT2D eigenvalue weighted by atomic mass is 32.1. The maximum absolute atomic E-state index is 5.39. The van der Waals surface area contributed by atoms with E-state index in [0.717, 1.165) is 29.4 Å². The molecule has 1 heterocycles. The minimum Gasteiger partial charge on any atom is -0.378 e. The Morgan fingerprint density at radius 3 is 2.53 bits per heavy atom. The molecule has 1 N–H and O–H groups in total. The Morgan fingerprint density at radius 1 is 1.29 bits per heavy atom. The van der Waals surface area contributed by atoms with Crippen LogP contribution >= 0.6 is 11.3 Å². The van der Waals surface area contributed by atoms with E-state index in [1.54, 1.807) is 18.4 Å². The van der Waals surface area contributed by atoms with Crippen LogP contribution in [0.15, 0.2) is 0 Å². The van der Waals surface area contributed by atoms with Gasteiger partial charge in [0.25, 0.3) is 0 Å². The summed E-state index contributed by atoms with van der Waals surface area (Å²) < 4.78 is 5.39. The summed E-state index contributed by atoms with van der Waals surface area (Å²) in [6.45, 7) is 9.38. The zero-order valence-corrected chi connectivity index (χ0v) is 12.2. The van der Waals surface area contributed by atoms with Gasteiger partial charge in [0.05, 0.1) is 5.60 Å². The molecule has 4 nitrogen and oxygen atoms in total. The molecule has 0 aliphatic carbocycles. The third kappa shape index (κ3) is 5.57. The first kappa shape index (κ1) is 14.5. The SMILES string of the molecule is COC(C)(C)Cc1nnc(CCNC(C)C)s1. The molecule has 98 valence electrons. The Labute approximate surface area is 108 Å². The van der Waals surface area contributed by atoms with Crippen LogP contribution in [-0.4, -0.2) is 35.5 Å². The highest BCUT2D eigenvalue weighted by Gasteiger charge is 2.19. The van der Waals surface area contributed by atoms with E-state index in [0.29, 0.717) is 6.04 Å². The van der Waals surface area contributed by atoms with Crippen molar-refractivity contribution < 1.29 is 4.74 Å². The molecule has 17 heavy (non-hydrogen) atoms. The van der Waals surface area contributed by atoms with Crippen LogP contribution in [0.25, 0.3) is 0 Å². The largest absolute Gasteiger partial charge is 0.378 e. The molecular formula is C12H23N3OS. The second-order valence-electron chi connectivity index (χ2n) is 5.09.